The number of halogens is 3. The van der Waals surface area contributed by atoms with E-state index in [0.717, 1.165) is 17.8 Å². The number of furan rings is 1. The summed E-state index contributed by atoms with van der Waals surface area (Å²) in [6, 6.07) is 7.37. The Labute approximate surface area is 186 Å². The number of imidazole rings is 1. The van der Waals surface area contributed by atoms with Crippen molar-refractivity contribution in [3.63, 3.8) is 0 Å². The number of rotatable bonds is 4. The van der Waals surface area contributed by atoms with Crippen LogP contribution in [0.25, 0.3) is 0 Å². The number of hydrogen-bond donors (Lipinski definition) is 1. The van der Waals surface area contributed by atoms with Gasteiger partial charge in [0.05, 0.1) is 31.4 Å². The first-order valence-electron chi connectivity index (χ1n) is 9.81. The van der Waals surface area contributed by atoms with Gasteiger partial charge < -0.3 is 23.7 Å². The summed E-state index contributed by atoms with van der Waals surface area (Å²) in [5, 5.41) is 7.12. The molecule has 0 aliphatic carbocycles. The number of hydrogen-bond acceptors (Lipinski definition) is 6. The minimum absolute atomic E-state index is 0.106. The van der Waals surface area contributed by atoms with Crippen LogP contribution < -0.4 is 4.74 Å². The van der Waals surface area contributed by atoms with Crippen LogP contribution in [-0.4, -0.2) is 55.7 Å². The molecule has 1 unspecified atom stereocenters. The van der Waals surface area contributed by atoms with Gasteiger partial charge in [0.25, 0.3) is 5.91 Å². The number of carbonyl (C=O) groups is 2. The highest BCUT2D eigenvalue weighted by Crippen LogP contribution is 2.21. The van der Waals surface area contributed by atoms with E-state index >= 15 is 0 Å². The molecule has 4 heterocycles. The third-order valence-electron chi connectivity index (χ3n) is 4.78. The highest BCUT2D eigenvalue weighted by molar-refractivity contribution is 5.92. The van der Waals surface area contributed by atoms with Gasteiger partial charge in [0, 0.05) is 43.0 Å². The monoisotopic (exact) mass is 466 g/mol. The second-order valence-electron chi connectivity index (χ2n) is 7.30. The Morgan fingerprint density at radius 1 is 1.27 bits per heavy atom. The predicted molar refractivity (Wildman–Crippen MR) is 107 cm³/mol. The number of carboxylic acids is 1. The van der Waals surface area contributed by atoms with Gasteiger partial charge in [-0.15, -0.1) is 0 Å². The number of carboxylic acid groups (broad SMARTS) is 1. The summed E-state index contributed by atoms with van der Waals surface area (Å²) in [7, 11) is 0. The van der Waals surface area contributed by atoms with Crippen molar-refractivity contribution in [1.82, 2.24) is 19.4 Å². The summed E-state index contributed by atoms with van der Waals surface area (Å²) < 4.78 is 45.0. The Kier molecular flexibility index (Phi) is 7.36. The zero-order chi connectivity index (χ0) is 24.0. The van der Waals surface area contributed by atoms with E-state index in [4.69, 9.17) is 19.1 Å². The Morgan fingerprint density at radius 2 is 2.03 bits per heavy atom. The molecule has 0 spiro atoms. The topological polar surface area (TPSA) is 111 Å². The van der Waals surface area contributed by atoms with Crippen LogP contribution in [0.4, 0.5) is 13.2 Å². The quantitative estimate of drug-likeness (QED) is 0.629. The molecule has 0 fully saturated rings. The maximum Gasteiger partial charge on any atom is 0.490 e. The molecule has 0 aromatic carbocycles. The number of aromatic nitrogens is 3. The van der Waals surface area contributed by atoms with Gasteiger partial charge in [-0.3, -0.25) is 4.79 Å². The smallest absolute Gasteiger partial charge is 0.477 e. The van der Waals surface area contributed by atoms with Gasteiger partial charge in [0.15, 0.2) is 5.76 Å². The number of nitrogens with zero attached hydrogens (tertiary/aromatic N) is 4. The molecule has 0 saturated carbocycles. The molecule has 1 aliphatic heterocycles. The molecular formula is C21H21F3N4O5. The Balaban J connectivity index is 0.000000383. The number of alkyl halides is 3. The van der Waals surface area contributed by atoms with Crippen LogP contribution in [0, 0.1) is 12.8 Å². The van der Waals surface area contributed by atoms with Crippen molar-refractivity contribution in [2.45, 2.75) is 26.2 Å². The van der Waals surface area contributed by atoms with E-state index in [0.29, 0.717) is 31.3 Å². The SMILES string of the molecule is Cc1ccoc1C(=O)N1Cc2cncn2CC(COc2ccccn2)C1.O=C(O)C(F)(F)F. The normalized spacial score (nSPS) is 15.6. The first-order valence-corrected chi connectivity index (χ1v) is 9.81. The predicted octanol–water partition coefficient (Wildman–Crippen LogP) is 3.16. The Morgan fingerprint density at radius 3 is 2.64 bits per heavy atom. The molecule has 0 radical (unpaired) electrons. The van der Waals surface area contributed by atoms with Crippen LogP contribution in [-0.2, 0) is 17.9 Å². The summed E-state index contributed by atoms with van der Waals surface area (Å²) in [4.78, 5) is 32.0. The zero-order valence-corrected chi connectivity index (χ0v) is 17.5. The van der Waals surface area contributed by atoms with E-state index < -0.39 is 12.1 Å². The average molecular weight is 466 g/mol. The van der Waals surface area contributed by atoms with E-state index in [1.807, 2.05) is 25.1 Å². The number of carbonyl (C=O) groups excluding carboxylic acids is 1. The van der Waals surface area contributed by atoms with E-state index in [9.17, 15) is 18.0 Å². The summed E-state index contributed by atoms with van der Waals surface area (Å²) in [5.41, 5.74) is 1.84. The minimum atomic E-state index is -5.08. The number of fused-ring (bicyclic) bond motifs is 1. The van der Waals surface area contributed by atoms with E-state index in [1.54, 1.807) is 36.0 Å². The lowest BCUT2D eigenvalue weighted by Crippen LogP contribution is -2.36. The van der Waals surface area contributed by atoms with Crippen molar-refractivity contribution < 1.29 is 37.0 Å². The summed E-state index contributed by atoms with van der Waals surface area (Å²) >= 11 is 0. The lowest BCUT2D eigenvalue weighted by Gasteiger charge is -2.23. The molecule has 33 heavy (non-hydrogen) atoms. The average Bonchev–Trinajstić information content (AvgIpc) is 3.36. The fourth-order valence-corrected chi connectivity index (χ4v) is 3.18. The zero-order valence-electron chi connectivity index (χ0n) is 17.5. The van der Waals surface area contributed by atoms with Crippen LogP contribution in [0.5, 0.6) is 5.88 Å². The van der Waals surface area contributed by atoms with E-state index in [2.05, 4.69) is 14.5 Å². The summed E-state index contributed by atoms with van der Waals surface area (Å²) in [5.74, 6) is -1.77. The molecule has 0 saturated heterocycles. The molecule has 3 aromatic rings. The van der Waals surface area contributed by atoms with Gasteiger partial charge in [0.2, 0.25) is 5.88 Å². The molecule has 1 N–H and O–H groups in total. The minimum Gasteiger partial charge on any atom is -0.477 e. The van der Waals surface area contributed by atoms with Crippen molar-refractivity contribution in [1.29, 1.82) is 0 Å². The van der Waals surface area contributed by atoms with Crippen LogP contribution in [0.3, 0.4) is 0 Å². The van der Waals surface area contributed by atoms with Crippen molar-refractivity contribution in [2.24, 2.45) is 5.92 Å². The molecule has 1 aliphatic rings. The van der Waals surface area contributed by atoms with E-state index in [1.165, 1.54) is 0 Å². The molecule has 3 aromatic heterocycles. The van der Waals surface area contributed by atoms with Gasteiger partial charge in [0.1, 0.15) is 0 Å². The van der Waals surface area contributed by atoms with Crippen molar-refractivity contribution in [2.75, 3.05) is 13.2 Å². The van der Waals surface area contributed by atoms with Gasteiger partial charge >= 0.3 is 12.1 Å². The summed E-state index contributed by atoms with van der Waals surface area (Å²) in [6.07, 6.45) is 1.77. The van der Waals surface area contributed by atoms with Crippen LogP contribution in [0.15, 0.2) is 53.7 Å². The van der Waals surface area contributed by atoms with Gasteiger partial charge in [-0.2, -0.15) is 13.2 Å². The summed E-state index contributed by atoms with van der Waals surface area (Å²) in [6.45, 7) is 4.16. The number of ether oxygens (including phenoxy) is 1. The van der Waals surface area contributed by atoms with Gasteiger partial charge in [-0.25, -0.2) is 14.8 Å². The van der Waals surface area contributed by atoms with Gasteiger partial charge in [-0.05, 0) is 19.1 Å². The second kappa shape index (κ2) is 10.2. The Hall–Kier alpha value is -3.83. The number of aliphatic carboxylic acids is 1. The molecule has 4 rings (SSSR count). The number of pyridine rings is 1. The standard InChI is InChI=1S/C19H20N4O3.C2HF3O2/c1-14-5-7-25-18(14)19(24)22-9-15(10-23-13-20-8-16(23)11-22)12-26-17-4-2-3-6-21-17;3-2(4,5)1(6)7/h2-8,13,15H,9-12H2,1H3;(H,6,7). The first kappa shape index (κ1) is 23.8. The second-order valence-corrected chi connectivity index (χ2v) is 7.30. The van der Waals surface area contributed by atoms with Crippen LogP contribution >= 0.6 is 0 Å². The van der Waals surface area contributed by atoms with Gasteiger partial charge in [-0.1, -0.05) is 6.07 Å². The first-order chi connectivity index (χ1) is 15.6. The Bertz CT molecular complexity index is 1080. The molecule has 1 atom stereocenters. The highest BCUT2D eigenvalue weighted by Gasteiger charge is 2.38. The lowest BCUT2D eigenvalue weighted by atomic mass is 10.1. The fraction of sp³-hybridized carbons (Fsp3) is 0.333. The van der Waals surface area contributed by atoms with Crippen molar-refractivity contribution in [3.8, 4) is 5.88 Å². The lowest BCUT2D eigenvalue weighted by molar-refractivity contribution is -0.192. The third kappa shape index (κ3) is 6.34. The fourth-order valence-electron chi connectivity index (χ4n) is 3.18. The maximum absolute atomic E-state index is 12.9. The van der Waals surface area contributed by atoms with Crippen molar-refractivity contribution in [3.05, 3.63) is 66.3 Å². The molecule has 1 amide bonds. The number of aryl methyl sites for hydroxylation is 1. The van der Waals surface area contributed by atoms with Crippen LogP contribution in [0.2, 0.25) is 0 Å². The molecule has 0 bridgehead atoms. The molecule has 12 heteroatoms. The number of amides is 1. The molecule has 9 nitrogen and oxygen atoms in total. The molecule has 176 valence electrons. The van der Waals surface area contributed by atoms with E-state index in [-0.39, 0.29) is 11.8 Å². The van der Waals surface area contributed by atoms with Crippen molar-refractivity contribution >= 4 is 11.9 Å². The maximum atomic E-state index is 12.9. The largest absolute Gasteiger partial charge is 0.490 e. The van der Waals surface area contributed by atoms with Crippen LogP contribution in [0.1, 0.15) is 21.8 Å². The molecular weight excluding hydrogens is 445 g/mol. The third-order valence-corrected chi connectivity index (χ3v) is 4.78. The highest BCUT2D eigenvalue weighted by atomic mass is 19.4.